The molecule has 2 fully saturated rings. The van der Waals surface area contributed by atoms with Crippen LogP contribution in [0, 0.1) is 0 Å². The van der Waals surface area contributed by atoms with E-state index in [1.165, 1.54) is 0 Å². The van der Waals surface area contributed by atoms with E-state index in [4.69, 9.17) is 23.8 Å². The number of nitrogens with one attached hydrogen (secondary N) is 1. The molecule has 14 heteroatoms. The molecule has 2 aliphatic rings. The molecular formula is C35H56BN7O5Si. The van der Waals surface area contributed by atoms with Crippen molar-refractivity contribution in [3.8, 4) is 0 Å². The van der Waals surface area contributed by atoms with Gasteiger partial charge in [0.2, 0.25) is 0 Å². The van der Waals surface area contributed by atoms with Gasteiger partial charge >= 0.3 is 13.2 Å². The van der Waals surface area contributed by atoms with Gasteiger partial charge < -0.3 is 33.6 Å². The molecule has 49 heavy (non-hydrogen) atoms. The predicted octanol–water partition coefficient (Wildman–Crippen LogP) is 5.88. The Kier molecular flexibility index (Phi) is 10.5. The van der Waals surface area contributed by atoms with Gasteiger partial charge in [-0.2, -0.15) is 0 Å². The normalized spacial score (nSPS) is 21.0. The van der Waals surface area contributed by atoms with Gasteiger partial charge in [-0.1, -0.05) is 25.7 Å². The van der Waals surface area contributed by atoms with Crippen molar-refractivity contribution in [3.05, 3.63) is 36.4 Å². The first-order valence-corrected chi connectivity index (χ1v) is 21.2. The first kappa shape index (κ1) is 37.1. The largest absolute Gasteiger partial charge is 0.497 e. The molecular weight excluding hydrogens is 637 g/mol. The van der Waals surface area contributed by atoms with Crippen molar-refractivity contribution in [2.45, 2.75) is 130 Å². The van der Waals surface area contributed by atoms with Crippen molar-refractivity contribution in [2.75, 3.05) is 29.9 Å². The molecule has 0 spiro atoms. The first-order valence-electron chi connectivity index (χ1n) is 17.5. The first-order chi connectivity index (χ1) is 22.7. The zero-order valence-electron chi connectivity index (χ0n) is 31.6. The third-order valence-electron chi connectivity index (χ3n) is 9.49. The second kappa shape index (κ2) is 13.8. The van der Waals surface area contributed by atoms with Gasteiger partial charge in [0.25, 0.3) is 0 Å². The van der Waals surface area contributed by atoms with Crippen LogP contribution in [0.25, 0.3) is 11.0 Å². The number of carbonyl (C=O) groups is 1. The fourth-order valence-corrected chi connectivity index (χ4v) is 6.93. The van der Waals surface area contributed by atoms with Crippen molar-refractivity contribution < 1.29 is 23.6 Å². The molecule has 0 radical (unpaired) electrons. The van der Waals surface area contributed by atoms with Gasteiger partial charge in [0.1, 0.15) is 35.9 Å². The van der Waals surface area contributed by atoms with E-state index >= 15 is 0 Å². The number of nitrogens with zero attached hydrogens (tertiary/aromatic N) is 6. The summed E-state index contributed by atoms with van der Waals surface area (Å²) in [7, 11) is -1.82. The summed E-state index contributed by atoms with van der Waals surface area (Å²) in [4.78, 5) is 31.4. The average molecular weight is 694 g/mol. The number of fused-ring (bicyclic) bond motifs is 1. The lowest BCUT2D eigenvalue weighted by atomic mass is 9.79. The maximum atomic E-state index is 12.9. The molecule has 2 saturated heterocycles. The van der Waals surface area contributed by atoms with Crippen LogP contribution in [0.4, 0.5) is 16.4 Å². The molecule has 1 N–H and O–H groups in total. The second-order valence-corrected chi connectivity index (χ2v) is 22.4. The molecule has 12 nitrogen and oxygen atoms in total. The predicted molar refractivity (Wildman–Crippen MR) is 198 cm³/mol. The summed E-state index contributed by atoms with van der Waals surface area (Å²) < 4.78 is 26.9. The highest BCUT2D eigenvalue weighted by molar-refractivity contribution is 6.76. The number of hydrogen-bond acceptors (Lipinski definition) is 10. The van der Waals surface area contributed by atoms with Crippen LogP contribution in [-0.2, 0) is 32.1 Å². The standard InChI is InChI=1S/C35H56BN7O5Si/c1-24-19-41(20-25(2)43(24)32(44)46-33(3,4)5)28-15-13-14-26(40-28)18-37-30-29-27(36-47-34(6,7)35(8,9)48-36)21-42(31(29)39-22-38-30)23-45-16-17-49(10,11)12/h13-15,21-22,24-25H,16-20,23H2,1-12H3,(H,37,38,39)/t24-,25+. The third kappa shape index (κ3) is 8.58. The smallest absolute Gasteiger partial charge is 0.444 e. The Balaban J connectivity index is 1.36. The van der Waals surface area contributed by atoms with E-state index in [0.29, 0.717) is 38.8 Å². The summed E-state index contributed by atoms with van der Waals surface area (Å²) in [5.41, 5.74) is 0.939. The number of ether oxygens (including phenoxy) is 2. The number of rotatable bonds is 10. The summed E-state index contributed by atoms with van der Waals surface area (Å²) in [5.74, 6) is 1.55. The second-order valence-electron chi connectivity index (χ2n) is 16.7. The van der Waals surface area contributed by atoms with E-state index in [1.54, 1.807) is 6.33 Å². The van der Waals surface area contributed by atoms with Crippen molar-refractivity contribution in [1.82, 2.24) is 24.4 Å². The highest BCUT2D eigenvalue weighted by Crippen LogP contribution is 2.37. The van der Waals surface area contributed by atoms with Crippen molar-refractivity contribution >= 4 is 49.4 Å². The Hall–Kier alpha value is -3.20. The average Bonchev–Trinajstić information content (AvgIpc) is 3.45. The van der Waals surface area contributed by atoms with Crippen LogP contribution < -0.4 is 15.7 Å². The minimum absolute atomic E-state index is 0.0339. The van der Waals surface area contributed by atoms with Crippen LogP contribution in [0.15, 0.2) is 30.7 Å². The number of amides is 1. The van der Waals surface area contributed by atoms with Crippen LogP contribution in [0.3, 0.4) is 0 Å². The zero-order valence-corrected chi connectivity index (χ0v) is 32.6. The van der Waals surface area contributed by atoms with E-state index in [-0.39, 0.29) is 18.2 Å². The van der Waals surface area contributed by atoms with E-state index < -0.39 is 32.0 Å². The van der Waals surface area contributed by atoms with Gasteiger partial charge in [-0.3, -0.25) is 4.90 Å². The molecule has 0 bridgehead atoms. The summed E-state index contributed by atoms with van der Waals surface area (Å²) in [5, 5.41) is 4.38. The lowest BCUT2D eigenvalue weighted by Gasteiger charge is -2.45. The number of hydrogen-bond donors (Lipinski definition) is 1. The summed E-state index contributed by atoms with van der Waals surface area (Å²) in [6.07, 6.45) is 3.33. The molecule has 0 aliphatic carbocycles. The van der Waals surface area contributed by atoms with Crippen molar-refractivity contribution in [3.63, 3.8) is 0 Å². The van der Waals surface area contributed by atoms with E-state index in [1.807, 2.05) is 54.6 Å². The summed E-state index contributed by atoms with van der Waals surface area (Å²) in [6, 6.07) is 7.07. The number of aromatic nitrogens is 4. The Morgan fingerprint density at radius 2 is 1.71 bits per heavy atom. The molecule has 0 saturated carbocycles. The van der Waals surface area contributed by atoms with E-state index in [2.05, 4.69) is 81.4 Å². The summed E-state index contributed by atoms with van der Waals surface area (Å²) in [6.45, 7) is 27.9. The maximum absolute atomic E-state index is 12.9. The lowest BCUT2D eigenvalue weighted by Crippen LogP contribution is -2.59. The minimum Gasteiger partial charge on any atom is -0.444 e. The molecule has 2 aliphatic heterocycles. The number of anilines is 2. The Morgan fingerprint density at radius 3 is 2.33 bits per heavy atom. The SMILES string of the molecule is C[C@@H]1CN(c2cccc(CNc3ncnc4c3c(B3OC(C)(C)C(C)(C)O3)cn4COCC[Si](C)(C)C)n2)C[C@H](C)N1C(=O)OC(C)(C)C. The molecule has 268 valence electrons. The quantitative estimate of drug-likeness (QED) is 0.204. The fourth-order valence-electron chi connectivity index (χ4n) is 6.18. The summed E-state index contributed by atoms with van der Waals surface area (Å²) >= 11 is 0. The molecule has 3 aromatic rings. The van der Waals surface area contributed by atoms with Crippen LogP contribution in [0.5, 0.6) is 0 Å². The molecule has 1 amide bonds. The monoisotopic (exact) mass is 693 g/mol. The van der Waals surface area contributed by atoms with Crippen LogP contribution in [-0.4, -0.2) is 94.3 Å². The lowest BCUT2D eigenvalue weighted by molar-refractivity contribution is 0.00559. The molecule has 5 heterocycles. The number of carbonyl (C=O) groups excluding carboxylic acids is 1. The topological polar surface area (TPSA) is 116 Å². The highest BCUT2D eigenvalue weighted by atomic mass is 28.3. The fraction of sp³-hybridized carbons (Fsp3) is 0.657. The molecule has 3 aromatic heterocycles. The van der Waals surface area contributed by atoms with Crippen LogP contribution >= 0.6 is 0 Å². The van der Waals surface area contributed by atoms with E-state index in [0.717, 1.165) is 34.1 Å². The molecule has 0 unspecified atom stereocenters. The van der Waals surface area contributed by atoms with Gasteiger partial charge in [0.05, 0.1) is 40.9 Å². The third-order valence-corrected chi connectivity index (χ3v) is 11.2. The minimum atomic E-state index is -1.23. The van der Waals surface area contributed by atoms with E-state index in [9.17, 15) is 4.79 Å². The van der Waals surface area contributed by atoms with Gasteiger partial charge in [0, 0.05) is 39.4 Å². The Labute approximate surface area is 293 Å². The number of piperazine rings is 1. The maximum Gasteiger partial charge on any atom is 0.497 e. The van der Waals surface area contributed by atoms with Crippen molar-refractivity contribution in [2.24, 2.45) is 0 Å². The molecule has 0 aromatic carbocycles. The molecule has 2 atom stereocenters. The Bertz CT molecular complexity index is 1610. The van der Waals surface area contributed by atoms with Gasteiger partial charge in [0.15, 0.2) is 0 Å². The number of pyridine rings is 1. The molecule has 5 rings (SSSR count). The highest BCUT2D eigenvalue weighted by Gasteiger charge is 2.52. The Morgan fingerprint density at radius 1 is 1.06 bits per heavy atom. The van der Waals surface area contributed by atoms with Crippen molar-refractivity contribution in [1.29, 1.82) is 0 Å². The van der Waals surface area contributed by atoms with Crippen LogP contribution in [0.1, 0.15) is 68.0 Å². The van der Waals surface area contributed by atoms with Gasteiger partial charge in [-0.15, -0.1) is 0 Å². The van der Waals surface area contributed by atoms with Gasteiger partial charge in [-0.05, 0) is 80.5 Å². The van der Waals surface area contributed by atoms with Gasteiger partial charge in [-0.25, -0.2) is 19.7 Å². The zero-order chi connectivity index (χ0) is 35.9. The van der Waals surface area contributed by atoms with Crippen LogP contribution in [0.2, 0.25) is 25.7 Å².